The summed E-state index contributed by atoms with van der Waals surface area (Å²) in [5, 5.41) is 3.17. The van der Waals surface area contributed by atoms with E-state index in [9.17, 15) is 4.39 Å². The molecule has 0 bridgehead atoms. The Morgan fingerprint density at radius 3 is 2.64 bits per heavy atom. The highest BCUT2D eigenvalue weighted by atomic mass is 19.1. The van der Waals surface area contributed by atoms with Crippen LogP contribution in [-0.2, 0) is 11.2 Å². The topological polar surface area (TPSA) is 49.2 Å². The lowest BCUT2D eigenvalue weighted by molar-refractivity contribution is 0.0639. The minimum atomic E-state index is -0.291. The molecule has 1 aliphatic heterocycles. The van der Waals surface area contributed by atoms with Gasteiger partial charge in [0.25, 0.3) is 0 Å². The molecule has 0 saturated carbocycles. The van der Waals surface area contributed by atoms with Crippen LogP contribution in [0.15, 0.2) is 52.6 Å². The van der Waals surface area contributed by atoms with Crippen LogP contribution in [0.4, 0.5) is 10.1 Å². The van der Waals surface area contributed by atoms with Gasteiger partial charge in [-0.1, -0.05) is 20.1 Å². The molecule has 28 heavy (non-hydrogen) atoms. The van der Waals surface area contributed by atoms with E-state index in [4.69, 9.17) is 4.74 Å². The fourth-order valence-corrected chi connectivity index (χ4v) is 2.94. The SMILES string of the molecule is C=N/C(=C\C=N/CNc1cc(F)c(C(=C)N2CCOCC2)cc1CC)C(=C)C. The Morgan fingerprint density at radius 1 is 1.32 bits per heavy atom. The van der Waals surface area contributed by atoms with Crippen LogP contribution in [0.2, 0.25) is 0 Å². The maximum atomic E-state index is 14.8. The summed E-state index contributed by atoms with van der Waals surface area (Å²) in [4.78, 5) is 10.2. The van der Waals surface area contributed by atoms with E-state index in [-0.39, 0.29) is 5.82 Å². The van der Waals surface area contributed by atoms with Gasteiger partial charge in [-0.3, -0.25) is 9.98 Å². The van der Waals surface area contributed by atoms with Gasteiger partial charge in [-0.2, -0.15) is 0 Å². The monoisotopic (exact) mass is 384 g/mol. The number of hydrogen-bond donors (Lipinski definition) is 1. The first-order chi connectivity index (χ1) is 13.5. The molecule has 1 N–H and O–H groups in total. The average Bonchev–Trinajstić information content (AvgIpc) is 2.70. The summed E-state index contributed by atoms with van der Waals surface area (Å²) < 4.78 is 20.1. The zero-order chi connectivity index (χ0) is 20.5. The number of nitrogens with zero attached hydrogens (tertiary/aromatic N) is 3. The fraction of sp³-hybridized carbons (Fsp3) is 0.364. The van der Waals surface area contributed by atoms with Crippen molar-refractivity contribution >= 4 is 24.3 Å². The third kappa shape index (κ3) is 5.63. The summed E-state index contributed by atoms with van der Waals surface area (Å²) in [6.45, 7) is 18.4. The highest BCUT2D eigenvalue weighted by molar-refractivity contribution is 5.74. The van der Waals surface area contributed by atoms with Gasteiger partial charge in [0.1, 0.15) is 12.5 Å². The summed E-state index contributed by atoms with van der Waals surface area (Å²) in [6.07, 6.45) is 4.16. The van der Waals surface area contributed by atoms with Crippen molar-refractivity contribution in [1.29, 1.82) is 0 Å². The van der Waals surface area contributed by atoms with Gasteiger partial charge in [0.2, 0.25) is 0 Å². The molecule has 1 saturated heterocycles. The van der Waals surface area contributed by atoms with Crippen LogP contribution in [0.1, 0.15) is 25.0 Å². The van der Waals surface area contributed by atoms with E-state index in [1.165, 1.54) is 6.07 Å². The Bertz CT molecular complexity index is 792. The molecule has 5 nitrogen and oxygen atoms in total. The second kappa shape index (κ2) is 10.6. The van der Waals surface area contributed by atoms with Crippen LogP contribution in [0.3, 0.4) is 0 Å². The zero-order valence-corrected chi connectivity index (χ0v) is 16.8. The minimum Gasteiger partial charge on any atom is -0.378 e. The number of rotatable bonds is 9. The lowest BCUT2D eigenvalue weighted by atomic mass is 10.0. The molecule has 0 atom stereocenters. The number of benzene rings is 1. The number of halogens is 1. The van der Waals surface area contributed by atoms with Gasteiger partial charge in [-0.05, 0) is 49.4 Å². The van der Waals surface area contributed by atoms with Gasteiger partial charge in [-0.15, -0.1) is 0 Å². The van der Waals surface area contributed by atoms with Crippen LogP contribution in [0.5, 0.6) is 0 Å². The van der Waals surface area contributed by atoms with Crippen LogP contribution < -0.4 is 5.32 Å². The lowest BCUT2D eigenvalue weighted by Gasteiger charge is -2.31. The molecular formula is C22H29FN4O. The molecule has 0 radical (unpaired) electrons. The quantitative estimate of drug-likeness (QED) is 0.510. The Kier molecular flexibility index (Phi) is 8.14. The molecular weight excluding hydrogens is 355 g/mol. The third-order valence-corrected chi connectivity index (χ3v) is 4.58. The number of nitrogens with one attached hydrogen (secondary N) is 1. The van der Waals surface area contributed by atoms with Crippen LogP contribution in [-0.4, -0.2) is 50.8 Å². The molecule has 0 aromatic heterocycles. The van der Waals surface area contributed by atoms with Crippen molar-refractivity contribution in [2.75, 3.05) is 38.3 Å². The van der Waals surface area contributed by atoms with Crippen molar-refractivity contribution in [2.24, 2.45) is 9.98 Å². The maximum Gasteiger partial charge on any atom is 0.134 e. The normalized spacial score (nSPS) is 15.0. The molecule has 0 aliphatic carbocycles. The van der Waals surface area contributed by atoms with Gasteiger partial charge in [-0.25, -0.2) is 4.39 Å². The van der Waals surface area contributed by atoms with Crippen molar-refractivity contribution in [2.45, 2.75) is 20.3 Å². The van der Waals surface area contributed by atoms with E-state index in [2.05, 4.69) is 40.1 Å². The Labute approximate surface area is 167 Å². The highest BCUT2D eigenvalue weighted by Crippen LogP contribution is 2.28. The van der Waals surface area contributed by atoms with Gasteiger partial charge in [0.15, 0.2) is 0 Å². The molecule has 150 valence electrons. The largest absolute Gasteiger partial charge is 0.378 e. The molecule has 0 amide bonds. The average molecular weight is 384 g/mol. The summed E-state index contributed by atoms with van der Waals surface area (Å²) >= 11 is 0. The van der Waals surface area contributed by atoms with Crippen molar-refractivity contribution in [1.82, 2.24) is 4.90 Å². The second-order valence-electron chi connectivity index (χ2n) is 6.55. The van der Waals surface area contributed by atoms with Gasteiger partial charge < -0.3 is 15.0 Å². The number of allylic oxidation sites excluding steroid dienone is 2. The Balaban J connectivity index is 2.09. The zero-order valence-electron chi connectivity index (χ0n) is 16.8. The van der Waals surface area contributed by atoms with Crippen LogP contribution >= 0.6 is 0 Å². The maximum absolute atomic E-state index is 14.8. The molecule has 1 fully saturated rings. The molecule has 1 aromatic rings. The number of ether oxygens (including phenoxy) is 1. The van der Waals surface area contributed by atoms with Crippen LogP contribution in [0, 0.1) is 5.82 Å². The van der Waals surface area contributed by atoms with Gasteiger partial charge in [0.05, 0.1) is 18.9 Å². The molecule has 2 rings (SSSR count). The Hall–Kier alpha value is -2.73. The molecule has 0 unspecified atom stereocenters. The van der Waals surface area contributed by atoms with E-state index in [0.717, 1.165) is 36.3 Å². The van der Waals surface area contributed by atoms with Gasteiger partial charge >= 0.3 is 0 Å². The molecule has 1 heterocycles. The Morgan fingerprint density at radius 2 is 2.04 bits per heavy atom. The van der Waals surface area contributed by atoms with Crippen molar-refractivity contribution in [3.8, 4) is 0 Å². The van der Waals surface area contributed by atoms with E-state index < -0.39 is 0 Å². The summed E-state index contributed by atoms with van der Waals surface area (Å²) in [6, 6.07) is 3.40. The lowest BCUT2D eigenvalue weighted by Crippen LogP contribution is -2.34. The smallest absolute Gasteiger partial charge is 0.134 e. The fourth-order valence-electron chi connectivity index (χ4n) is 2.94. The van der Waals surface area contributed by atoms with Crippen molar-refractivity contribution in [3.05, 3.63) is 59.6 Å². The molecule has 6 heteroatoms. The first-order valence-electron chi connectivity index (χ1n) is 9.38. The van der Waals surface area contributed by atoms with E-state index >= 15 is 0 Å². The first kappa shape index (κ1) is 21.6. The third-order valence-electron chi connectivity index (χ3n) is 4.58. The highest BCUT2D eigenvalue weighted by Gasteiger charge is 2.18. The molecule has 1 aromatic carbocycles. The van der Waals surface area contributed by atoms with E-state index in [1.54, 1.807) is 12.3 Å². The summed E-state index contributed by atoms with van der Waals surface area (Å²) in [5.74, 6) is -0.291. The second-order valence-corrected chi connectivity index (χ2v) is 6.55. The summed E-state index contributed by atoms with van der Waals surface area (Å²) in [5.41, 5.74) is 4.51. The van der Waals surface area contributed by atoms with Gasteiger partial charge in [0, 0.05) is 36.3 Å². The molecule has 1 aliphatic rings. The predicted octanol–water partition coefficient (Wildman–Crippen LogP) is 4.29. The minimum absolute atomic E-state index is 0.291. The number of morpholine rings is 1. The number of hydrogen-bond acceptors (Lipinski definition) is 5. The van der Waals surface area contributed by atoms with Crippen LogP contribution in [0.25, 0.3) is 5.70 Å². The van der Waals surface area contributed by atoms with Crippen molar-refractivity contribution < 1.29 is 9.13 Å². The first-order valence-corrected chi connectivity index (χ1v) is 9.38. The standard InChI is InChI=1S/C22H29FN4O/c1-6-18-13-19(17(4)27-9-11-28-12-10-27)20(23)14-22(18)26-15-25-8-7-21(24-5)16(2)3/h7-8,13-14,26H,2,4-6,9-12,15H2,1,3H3/b21-7-,25-8-. The molecule has 0 spiro atoms. The number of aryl methyl sites for hydroxylation is 1. The van der Waals surface area contributed by atoms with E-state index in [0.29, 0.717) is 36.8 Å². The predicted molar refractivity (Wildman–Crippen MR) is 117 cm³/mol. The number of aliphatic imine (C=N–C) groups is 2. The summed E-state index contributed by atoms with van der Waals surface area (Å²) in [7, 11) is 0. The van der Waals surface area contributed by atoms with E-state index in [1.807, 2.05) is 19.9 Å². The van der Waals surface area contributed by atoms with Crippen molar-refractivity contribution in [3.63, 3.8) is 0 Å². The number of anilines is 1.